The molecule has 3 nitrogen and oxygen atoms in total. The van der Waals surface area contributed by atoms with Gasteiger partial charge in [-0.2, -0.15) is 0 Å². The summed E-state index contributed by atoms with van der Waals surface area (Å²) in [6.45, 7) is 0.752. The maximum atomic E-state index is 11.4. The number of benzene rings is 1. The fourth-order valence-corrected chi connectivity index (χ4v) is 2.57. The van der Waals surface area contributed by atoms with Crippen LogP contribution < -0.4 is 4.74 Å². The van der Waals surface area contributed by atoms with Crippen molar-refractivity contribution in [2.75, 3.05) is 12.9 Å². The van der Waals surface area contributed by atoms with E-state index in [1.165, 1.54) is 0 Å². The average Bonchev–Trinajstić information content (AvgIpc) is 2.33. The lowest BCUT2D eigenvalue weighted by atomic mass is 10.2. The maximum Gasteiger partial charge on any atom is 0.199 e. The molecular formula is C12H15BrO3S. The van der Waals surface area contributed by atoms with Crippen molar-refractivity contribution in [2.24, 2.45) is 0 Å². The highest BCUT2D eigenvalue weighted by Gasteiger charge is 2.17. The first-order valence-corrected chi connectivity index (χ1v) is 7.93. The molecule has 1 aliphatic rings. The molecule has 1 aromatic carbocycles. The molecule has 1 heterocycles. The predicted octanol–water partition coefficient (Wildman–Crippen LogP) is 3.09. The Kier molecular flexibility index (Phi) is 4.59. The van der Waals surface area contributed by atoms with E-state index in [-0.39, 0.29) is 6.29 Å². The summed E-state index contributed by atoms with van der Waals surface area (Å²) in [5.41, 5.74) is 0. The molecule has 0 bridgehead atoms. The Morgan fingerprint density at radius 3 is 2.94 bits per heavy atom. The van der Waals surface area contributed by atoms with Crippen molar-refractivity contribution in [3.05, 3.63) is 22.7 Å². The standard InChI is InChI=1S/C12H15BrO3S/c1-17(14)9-5-6-10(13)11(8-9)16-12-4-2-3-7-15-12/h5-6,8,12H,2-4,7H2,1H3/t12-,17-/m0/s1. The van der Waals surface area contributed by atoms with E-state index in [0.29, 0.717) is 5.75 Å². The summed E-state index contributed by atoms with van der Waals surface area (Å²) < 4.78 is 23.6. The molecule has 0 aliphatic carbocycles. The Labute approximate surface area is 112 Å². The number of ether oxygens (including phenoxy) is 2. The smallest absolute Gasteiger partial charge is 0.199 e. The summed E-state index contributed by atoms with van der Waals surface area (Å²) in [5, 5.41) is 0. The van der Waals surface area contributed by atoms with Gasteiger partial charge in [-0.05, 0) is 47.0 Å². The van der Waals surface area contributed by atoms with E-state index in [9.17, 15) is 4.21 Å². The minimum atomic E-state index is -0.996. The summed E-state index contributed by atoms with van der Waals surface area (Å²) in [5.74, 6) is 0.699. The first-order valence-electron chi connectivity index (χ1n) is 5.58. The molecule has 0 amide bonds. The predicted molar refractivity (Wildman–Crippen MR) is 70.7 cm³/mol. The average molecular weight is 319 g/mol. The highest BCUT2D eigenvalue weighted by molar-refractivity contribution is 9.10. The van der Waals surface area contributed by atoms with E-state index in [2.05, 4.69) is 15.9 Å². The van der Waals surface area contributed by atoms with Crippen molar-refractivity contribution >= 4 is 26.7 Å². The zero-order chi connectivity index (χ0) is 12.3. The molecule has 17 heavy (non-hydrogen) atoms. The summed E-state index contributed by atoms with van der Waals surface area (Å²) in [4.78, 5) is 0.763. The van der Waals surface area contributed by atoms with Crippen LogP contribution in [0.15, 0.2) is 27.6 Å². The van der Waals surface area contributed by atoms with Gasteiger partial charge >= 0.3 is 0 Å². The highest BCUT2D eigenvalue weighted by Crippen LogP contribution is 2.29. The lowest BCUT2D eigenvalue weighted by Crippen LogP contribution is -2.25. The maximum absolute atomic E-state index is 11.4. The molecule has 0 N–H and O–H groups in total. The van der Waals surface area contributed by atoms with Crippen LogP contribution in [0.1, 0.15) is 19.3 Å². The molecule has 0 saturated carbocycles. The number of hydrogen-bond acceptors (Lipinski definition) is 3. The lowest BCUT2D eigenvalue weighted by Gasteiger charge is -2.24. The third kappa shape index (κ3) is 3.53. The summed E-state index contributed by atoms with van der Waals surface area (Å²) in [6.07, 6.45) is 4.61. The van der Waals surface area contributed by atoms with Crippen LogP contribution in [-0.2, 0) is 15.5 Å². The largest absolute Gasteiger partial charge is 0.464 e. The van der Waals surface area contributed by atoms with Gasteiger partial charge in [0.15, 0.2) is 6.29 Å². The number of rotatable bonds is 3. The molecular weight excluding hydrogens is 304 g/mol. The van der Waals surface area contributed by atoms with Gasteiger partial charge in [-0.3, -0.25) is 4.21 Å². The van der Waals surface area contributed by atoms with Gasteiger partial charge in [0.25, 0.3) is 0 Å². The van der Waals surface area contributed by atoms with Gasteiger partial charge in [0.05, 0.1) is 11.1 Å². The molecule has 0 spiro atoms. The van der Waals surface area contributed by atoms with Crippen molar-refractivity contribution in [3.63, 3.8) is 0 Å². The van der Waals surface area contributed by atoms with E-state index >= 15 is 0 Å². The first-order chi connectivity index (χ1) is 8.16. The van der Waals surface area contributed by atoms with E-state index in [1.807, 2.05) is 12.1 Å². The SMILES string of the molecule is C[S@](=O)c1ccc(Br)c(O[C@H]2CCCCO2)c1. The molecule has 5 heteroatoms. The van der Waals surface area contributed by atoms with Gasteiger partial charge in [-0.25, -0.2) is 0 Å². The summed E-state index contributed by atoms with van der Waals surface area (Å²) in [7, 11) is -0.996. The molecule has 1 saturated heterocycles. The minimum Gasteiger partial charge on any atom is -0.464 e. The van der Waals surface area contributed by atoms with E-state index in [4.69, 9.17) is 9.47 Å². The monoisotopic (exact) mass is 318 g/mol. The van der Waals surface area contributed by atoms with Crippen LogP contribution in [0.2, 0.25) is 0 Å². The highest BCUT2D eigenvalue weighted by atomic mass is 79.9. The second-order valence-electron chi connectivity index (χ2n) is 3.96. The minimum absolute atomic E-state index is 0.180. The van der Waals surface area contributed by atoms with Crippen molar-refractivity contribution in [3.8, 4) is 5.75 Å². The van der Waals surface area contributed by atoms with Gasteiger partial charge in [-0.1, -0.05) is 0 Å². The Balaban J connectivity index is 2.13. The quantitative estimate of drug-likeness (QED) is 0.859. The Bertz CT molecular complexity index is 416. The van der Waals surface area contributed by atoms with E-state index < -0.39 is 10.8 Å². The number of halogens is 1. The van der Waals surface area contributed by atoms with Gasteiger partial charge in [0, 0.05) is 28.4 Å². The van der Waals surface area contributed by atoms with Crippen LogP contribution >= 0.6 is 15.9 Å². The molecule has 94 valence electrons. The van der Waals surface area contributed by atoms with Crippen molar-refractivity contribution in [2.45, 2.75) is 30.4 Å². The van der Waals surface area contributed by atoms with Crippen molar-refractivity contribution in [1.82, 2.24) is 0 Å². The summed E-state index contributed by atoms with van der Waals surface area (Å²) in [6, 6.07) is 5.49. The zero-order valence-corrected chi connectivity index (χ0v) is 12.1. The van der Waals surface area contributed by atoms with Crippen LogP contribution in [0, 0.1) is 0 Å². The Morgan fingerprint density at radius 1 is 1.47 bits per heavy atom. The molecule has 0 unspecified atom stereocenters. The van der Waals surface area contributed by atoms with Crippen molar-refractivity contribution < 1.29 is 13.7 Å². The van der Waals surface area contributed by atoms with Crippen LogP contribution in [-0.4, -0.2) is 23.4 Å². The zero-order valence-electron chi connectivity index (χ0n) is 9.65. The lowest BCUT2D eigenvalue weighted by molar-refractivity contribution is -0.106. The third-order valence-corrected chi connectivity index (χ3v) is 4.20. The second-order valence-corrected chi connectivity index (χ2v) is 6.19. The molecule has 2 atom stereocenters. The molecule has 0 radical (unpaired) electrons. The topological polar surface area (TPSA) is 35.5 Å². The second kappa shape index (κ2) is 5.98. The van der Waals surface area contributed by atoms with Gasteiger partial charge in [0.2, 0.25) is 0 Å². The Hall–Kier alpha value is -0.390. The van der Waals surface area contributed by atoms with E-state index in [0.717, 1.165) is 35.2 Å². The Morgan fingerprint density at radius 2 is 2.29 bits per heavy atom. The van der Waals surface area contributed by atoms with Gasteiger partial charge in [0.1, 0.15) is 5.75 Å². The fraction of sp³-hybridized carbons (Fsp3) is 0.500. The van der Waals surface area contributed by atoms with Gasteiger partial charge < -0.3 is 9.47 Å². The molecule has 2 rings (SSSR count). The third-order valence-electron chi connectivity index (χ3n) is 2.63. The molecule has 1 aliphatic heterocycles. The molecule has 1 aromatic rings. The first kappa shape index (κ1) is 13.1. The normalized spacial score (nSPS) is 22.1. The molecule has 0 aromatic heterocycles. The van der Waals surface area contributed by atoms with Crippen LogP contribution in [0.25, 0.3) is 0 Å². The van der Waals surface area contributed by atoms with E-state index in [1.54, 1.807) is 12.3 Å². The fourth-order valence-electron chi connectivity index (χ4n) is 1.70. The van der Waals surface area contributed by atoms with Gasteiger partial charge in [-0.15, -0.1) is 0 Å². The number of hydrogen-bond donors (Lipinski definition) is 0. The van der Waals surface area contributed by atoms with Crippen LogP contribution in [0.5, 0.6) is 5.75 Å². The van der Waals surface area contributed by atoms with Crippen LogP contribution in [0.3, 0.4) is 0 Å². The van der Waals surface area contributed by atoms with Crippen molar-refractivity contribution in [1.29, 1.82) is 0 Å². The summed E-state index contributed by atoms with van der Waals surface area (Å²) >= 11 is 3.43. The molecule has 1 fully saturated rings. The van der Waals surface area contributed by atoms with Crippen LogP contribution in [0.4, 0.5) is 0 Å².